The highest BCUT2D eigenvalue weighted by Crippen LogP contribution is 2.12. The number of nitrogens with two attached hydrogens (primary N) is 1. The Morgan fingerprint density at radius 2 is 2.36 bits per heavy atom. The summed E-state index contributed by atoms with van der Waals surface area (Å²) in [4.78, 5) is 3.96. The molecule has 0 aliphatic rings. The number of nitrogen functional groups attached to an aromatic ring is 1. The Morgan fingerprint density at radius 3 is 3.00 bits per heavy atom. The van der Waals surface area contributed by atoms with Crippen molar-refractivity contribution in [2.45, 2.75) is 19.8 Å². The summed E-state index contributed by atoms with van der Waals surface area (Å²) in [5.41, 5.74) is 6.85. The second-order valence-electron chi connectivity index (χ2n) is 3.68. The van der Waals surface area contributed by atoms with Crippen molar-refractivity contribution in [3.63, 3.8) is 0 Å². The monoisotopic (exact) mass is 194 g/mol. The van der Waals surface area contributed by atoms with Gasteiger partial charge in [0, 0.05) is 19.9 Å². The molecule has 14 heavy (non-hydrogen) atoms. The lowest BCUT2D eigenvalue weighted by Crippen LogP contribution is -2.04. The van der Waals surface area contributed by atoms with E-state index in [1.54, 1.807) is 13.3 Å². The van der Waals surface area contributed by atoms with Crippen LogP contribution < -0.4 is 5.73 Å². The molecule has 1 heterocycles. The minimum absolute atomic E-state index is 0.599. The third-order valence-corrected chi connectivity index (χ3v) is 2.24. The van der Waals surface area contributed by atoms with Crippen LogP contribution in [-0.4, -0.2) is 18.7 Å². The van der Waals surface area contributed by atoms with Gasteiger partial charge in [-0.3, -0.25) is 0 Å². The lowest BCUT2D eigenvalue weighted by molar-refractivity contribution is 0.180. The van der Waals surface area contributed by atoms with Crippen LogP contribution in [0.15, 0.2) is 18.3 Å². The first kappa shape index (κ1) is 11.0. The quantitative estimate of drug-likeness (QED) is 0.778. The molecule has 0 saturated heterocycles. The summed E-state index contributed by atoms with van der Waals surface area (Å²) in [6.45, 7) is 3.04. The van der Waals surface area contributed by atoms with Crippen molar-refractivity contribution in [3.8, 4) is 0 Å². The number of anilines is 1. The standard InChI is InChI=1S/C11H18N2O/c1-9(4-6-14-2)7-10-3-5-13-11(12)8-10/h3,5,8-9H,4,6-7H2,1-2H3,(H2,12,13). The molecule has 1 aromatic rings. The van der Waals surface area contributed by atoms with Crippen LogP contribution in [0.5, 0.6) is 0 Å². The van der Waals surface area contributed by atoms with E-state index in [1.807, 2.05) is 12.1 Å². The number of rotatable bonds is 5. The maximum atomic E-state index is 5.60. The molecule has 3 heteroatoms. The van der Waals surface area contributed by atoms with Crippen LogP contribution in [0, 0.1) is 5.92 Å². The Labute approximate surface area is 85.3 Å². The summed E-state index contributed by atoms with van der Waals surface area (Å²) in [6.07, 6.45) is 3.88. The van der Waals surface area contributed by atoms with E-state index in [0.29, 0.717) is 11.7 Å². The topological polar surface area (TPSA) is 48.1 Å². The van der Waals surface area contributed by atoms with Crippen molar-refractivity contribution in [2.24, 2.45) is 5.92 Å². The number of pyridine rings is 1. The minimum Gasteiger partial charge on any atom is -0.385 e. The molecule has 0 aromatic carbocycles. The second-order valence-corrected chi connectivity index (χ2v) is 3.68. The average molecular weight is 194 g/mol. The van der Waals surface area contributed by atoms with Gasteiger partial charge in [0.15, 0.2) is 0 Å². The van der Waals surface area contributed by atoms with Gasteiger partial charge in [-0.15, -0.1) is 0 Å². The van der Waals surface area contributed by atoms with Gasteiger partial charge >= 0.3 is 0 Å². The molecule has 1 atom stereocenters. The maximum Gasteiger partial charge on any atom is 0.123 e. The van der Waals surface area contributed by atoms with Crippen LogP contribution in [-0.2, 0) is 11.2 Å². The van der Waals surface area contributed by atoms with E-state index in [0.717, 1.165) is 19.4 Å². The van der Waals surface area contributed by atoms with Crippen molar-refractivity contribution in [1.29, 1.82) is 0 Å². The third kappa shape index (κ3) is 3.75. The van der Waals surface area contributed by atoms with Gasteiger partial charge in [0.25, 0.3) is 0 Å². The molecule has 0 saturated carbocycles. The predicted octanol–water partition coefficient (Wildman–Crippen LogP) is 1.88. The number of hydrogen-bond donors (Lipinski definition) is 1. The third-order valence-electron chi connectivity index (χ3n) is 2.24. The summed E-state index contributed by atoms with van der Waals surface area (Å²) in [6, 6.07) is 3.95. The van der Waals surface area contributed by atoms with Gasteiger partial charge in [-0.05, 0) is 36.5 Å². The zero-order valence-corrected chi connectivity index (χ0v) is 8.86. The van der Waals surface area contributed by atoms with E-state index < -0.39 is 0 Å². The Hall–Kier alpha value is -1.09. The first-order valence-corrected chi connectivity index (χ1v) is 4.91. The van der Waals surface area contributed by atoms with Gasteiger partial charge in [0.05, 0.1) is 0 Å². The van der Waals surface area contributed by atoms with Crippen LogP contribution in [0.3, 0.4) is 0 Å². The summed E-state index contributed by atoms with van der Waals surface area (Å²) in [5.74, 6) is 1.22. The van der Waals surface area contributed by atoms with E-state index >= 15 is 0 Å². The summed E-state index contributed by atoms with van der Waals surface area (Å²) in [7, 11) is 1.73. The van der Waals surface area contributed by atoms with Gasteiger partial charge in [0.2, 0.25) is 0 Å². The predicted molar refractivity (Wildman–Crippen MR) is 58.0 cm³/mol. The SMILES string of the molecule is COCCC(C)Cc1ccnc(N)c1. The molecule has 0 fully saturated rings. The largest absolute Gasteiger partial charge is 0.385 e. The fourth-order valence-electron chi connectivity index (χ4n) is 1.44. The molecule has 0 spiro atoms. The van der Waals surface area contributed by atoms with Gasteiger partial charge in [-0.1, -0.05) is 6.92 Å². The van der Waals surface area contributed by atoms with Crippen molar-refractivity contribution in [2.75, 3.05) is 19.5 Å². The smallest absolute Gasteiger partial charge is 0.123 e. The van der Waals surface area contributed by atoms with Gasteiger partial charge in [-0.2, -0.15) is 0 Å². The van der Waals surface area contributed by atoms with E-state index in [4.69, 9.17) is 10.5 Å². The van der Waals surface area contributed by atoms with Gasteiger partial charge < -0.3 is 10.5 Å². The lowest BCUT2D eigenvalue weighted by atomic mass is 9.99. The first-order chi connectivity index (χ1) is 6.72. The highest BCUT2D eigenvalue weighted by Gasteiger charge is 2.03. The minimum atomic E-state index is 0.599. The van der Waals surface area contributed by atoms with Crippen LogP contribution in [0.4, 0.5) is 5.82 Å². The number of nitrogens with zero attached hydrogens (tertiary/aromatic N) is 1. The van der Waals surface area contributed by atoms with Gasteiger partial charge in [-0.25, -0.2) is 4.98 Å². The first-order valence-electron chi connectivity index (χ1n) is 4.91. The van der Waals surface area contributed by atoms with E-state index in [-0.39, 0.29) is 0 Å². The normalized spacial score (nSPS) is 12.7. The molecule has 0 radical (unpaired) electrons. The van der Waals surface area contributed by atoms with E-state index in [1.165, 1.54) is 5.56 Å². The Bertz CT molecular complexity index is 276. The molecule has 1 aromatic heterocycles. The number of ether oxygens (including phenoxy) is 1. The molecule has 1 rings (SSSR count). The Balaban J connectivity index is 2.43. The zero-order valence-electron chi connectivity index (χ0n) is 8.86. The van der Waals surface area contributed by atoms with E-state index in [9.17, 15) is 0 Å². The molecule has 0 aliphatic carbocycles. The van der Waals surface area contributed by atoms with Gasteiger partial charge in [0.1, 0.15) is 5.82 Å². The molecule has 1 unspecified atom stereocenters. The zero-order chi connectivity index (χ0) is 10.4. The summed E-state index contributed by atoms with van der Waals surface area (Å²) < 4.78 is 5.04. The van der Waals surface area contributed by atoms with Crippen molar-refractivity contribution in [1.82, 2.24) is 4.98 Å². The molecule has 3 nitrogen and oxygen atoms in total. The van der Waals surface area contributed by atoms with Crippen molar-refractivity contribution in [3.05, 3.63) is 23.9 Å². The highest BCUT2D eigenvalue weighted by molar-refractivity contribution is 5.31. The molecule has 0 aliphatic heterocycles. The number of methoxy groups -OCH3 is 1. The molecule has 0 amide bonds. The summed E-state index contributed by atoms with van der Waals surface area (Å²) in [5, 5.41) is 0. The fourth-order valence-corrected chi connectivity index (χ4v) is 1.44. The lowest BCUT2D eigenvalue weighted by Gasteiger charge is -2.10. The molecule has 0 bridgehead atoms. The van der Waals surface area contributed by atoms with Crippen molar-refractivity contribution >= 4 is 5.82 Å². The Morgan fingerprint density at radius 1 is 1.57 bits per heavy atom. The van der Waals surface area contributed by atoms with E-state index in [2.05, 4.69) is 11.9 Å². The van der Waals surface area contributed by atoms with Crippen LogP contribution in [0.25, 0.3) is 0 Å². The average Bonchev–Trinajstić information content (AvgIpc) is 2.15. The molecule has 78 valence electrons. The molecular formula is C11H18N2O. The molecular weight excluding hydrogens is 176 g/mol. The van der Waals surface area contributed by atoms with Crippen LogP contribution in [0.1, 0.15) is 18.9 Å². The number of hydrogen-bond acceptors (Lipinski definition) is 3. The fraction of sp³-hybridized carbons (Fsp3) is 0.545. The Kier molecular flexibility index (Phi) is 4.40. The summed E-state index contributed by atoms with van der Waals surface area (Å²) >= 11 is 0. The van der Waals surface area contributed by atoms with Crippen molar-refractivity contribution < 1.29 is 4.74 Å². The number of aromatic nitrogens is 1. The highest BCUT2D eigenvalue weighted by atomic mass is 16.5. The van der Waals surface area contributed by atoms with Crippen LogP contribution in [0.2, 0.25) is 0 Å². The van der Waals surface area contributed by atoms with Crippen LogP contribution >= 0.6 is 0 Å². The molecule has 2 N–H and O–H groups in total. The second kappa shape index (κ2) is 5.60. The maximum absolute atomic E-state index is 5.60.